The van der Waals surface area contributed by atoms with Gasteiger partial charge >= 0.3 is 5.97 Å². The van der Waals surface area contributed by atoms with Crippen LogP contribution in [0.4, 0.5) is 5.69 Å². The quantitative estimate of drug-likeness (QED) is 0.663. The third-order valence-corrected chi connectivity index (χ3v) is 3.82. The highest BCUT2D eigenvalue weighted by Gasteiger charge is 2.06. The molecule has 1 amide bonds. The molecule has 0 bridgehead atoms. The number of hydrogen-bond donors (Lipinski definition) is 2. The lowest BCUT2D eigenvalue weighted by molar-refractivity contribution is -0.136. The number of carbonyl (C=O) groups excluding carboxylic acids is 1. The van der Waals surface area contributed by atoms with Crippen LogP contribution in [0, 0.1) is 0 Å². The normalized spacial score (nSPS) is 10.3. The van der Waals surface area contributed by atoms with E-state index in [-0.39, 0.29) is 12.3 Å². The van der Waals surface area contributed by atoms with Gasteiger partial charge in [0, 0.05) is 17.1 Å². The number of hydrogen-bond acceptors (Lipinski definition) is 3. The van der Waals surface area contributed by atoms with E-state index in [1.807, 2.05) is 0 Å². The van der Waals surface area contributed by atoms with Crippen LogP contribution < -0.4 is 10.1 Å². The maximum absolute atomic E-state index is 11.9. The smallest absolute Gasteiger partial charge is 0.307 e. The highest BCUT2D eigenvalue weighted by molar-refractivity contribution is 6.35. The van der Waals surface area contributed by atoms with Gasteiger partial charge in [0.15, 0.2) is 0 Å². The molecule has 132 valence electrons. The van der Waals surface area contributed by atoms with E-state index in [0.717, 1.165) is 0 Å². The summed E-state index contributed by atoms with van der Waals surface area (Å²) in [6.45, 7) is 0.353. The van der Waals surface area contributed by atoms with Crippen LogP contribution >= 0.6 is 23.2 Å². The van der Waals surface area contributed by atoms with Crippen molar-refractivity contribution >= 4 is 40.8 Å². The highest BCUT2D eigenvalue weighted by atomic mass is 35.5. The molecule has 2 N–H and O–H groups in total. The SMILES string of the molecule is O=C(O)Cc1ccc(NC(=O)CCCOc2ccc(Cl)cc2Cl)cc1. The van der Waals surface area contributed by atoms with Gasteiger partial charge in [-0.25, -0.2) is 0 Å². The number of carbonyl (C=O) groups is 2. The number of amides is 1. The number of ether oxygens (including phenoxy) is 1. The third kappa shape index (κ3) is 6.64. The molecule has 25 heavy (non-hydrogen) atoms. The van der Waals surface area contributed by atoms with E-state index in [0.29, 0.717) is 46.5 Å². The first-order valence-electron chi connectivity index (χ1n) is 7.62. The molecule has 0 atom stereocenters. The molecule has 0 unspecified atom stereocenters. The molecule has 0 saturated heterocycles. The van der Waals surface area contributed by atoms with Crippen molar-refractivity contribution in [3.8, 4) is 5.75 Å². The van der Waals surface area contributed by atoms with Gasteiger partial charge < -0.3 is 15.2 Å². The van der Waals surface area contributed by atoms with Crippen LogP contribution in [0.5, 0.6) is 5.75 Å². The van der Waals surface area contributed by atoms with Crippen LogP contribution in [-0.2, 0) is 16.0 Å². The summed E-state index contributed by atoms with van der Waals surface area (Å²) in [5.74, 6) is -0.505. The van der Waals surface area contributed by atoms with Gasteiger partial charge in [0.25, 0.3) is 0 Å². The van der Waals surface area contributed by atoms with Crippen molar-refractivity contribution in [2.24, 2.45) is 0 Å². The molecule has 0 aromatic heterocycles. The van der Waals surface area contributed by atoms with Crippen molar-refractivity contribution < 1.29 is 19.4 Å². The second-order valence-electron chi connectivity index (χ2n) is 5.34. The van der Waals surface area contributed by atoms with Crippen LogP contribution in [0.3, 0.4) is 0 Å². The summed E-state index contributed by atoms with van der Waals surface area (Å²) in [5, 5.41) is 12.4. The van der Waals surface area contributed by atoms with Crippen LogP contribution in [-0.4, -0.2) is 23.6 Å². The van der Waals surface area contributed by atoms with Crippen LogP contribution in [0.15, 0.2) is 42.5 Å². The van der Waals surface area contributed by atoms with Gasteiger partial charge in [-0.3, -0.25) is 9.59 Å². The average Bonchev–Trinajstić information content (AvgIpc) is 2.54. The van der Waals surface area contributed by atoms with E-state index in [2.05, 4.69) is 5.32 Å². The fraction of sp³-hybridized carbons (Fsp3) is 0.222. The molecule has 5 nitrogen and oxygen atoms in total. The van der Waals surface area contributed by atoms with E-state index >= 15 is 0 Å². The number of anilines is 1. The second-order valence-corrected chi connectivity index (χ2v) is 6.19. The zero-order valence-corrected chi connectivity index (χ0v) is 14.8. The Labute approximate surface area is 155 Å². The lowest BCUT2D eigenvalue weighted by Gasteiger charge is -2.09. The van der Waals surface area contributed by atoms with Gasteiger partial charge in [0.1, 0.15) is 5.75 Å². The molecule has 0 saturated carbocycles. The molecule has 0 aliphatic rings. The fourth-order valence-electron chi connectivity index (χ4n) is 2.11. The zero-order valence-electron chi connectivity index (χ0n) is 13.3. The Morgan fingerprint density at radius 1 is 1.08 bits per heavy atom. The molecule has 0 heterocycles. The summed E-state index contributed by atoms with van der Waals surface area (Å²) < 4.78 is 5.52. The Hall–Kier alpha value is -2.24. The Kier molecular flexibility index (Phi) is 7.10. The first-order valence-corrected chi connectivity index (χ1v) is 8.38. The molecular formula is C18H17Cl2NO4. The first kappa shape index (κ1) is 19.1. The monoisotopic (exact) mass is 381 g/mol. The van der Waals surface area contributed by atoms with E-state index in [4.69, 9.17) is 33.0 Å². The third-order valence-electron chi connectivity index (χ3n) is 3.29. The maximum atomic E-state index is 11.9. The minimum atomic E-state index is -0.891. The van der Waals surface area contributed by atoms with Crippen molar-refractivity contribution in [2.75, 3.05) is 11.9 Å². The van der Waals surface area contributed by atoms with E-state index in [9.17, 15) is 9.59 Å². The summed E-state index contributed by atoms with van der Waals surface area (Å²) >= 11 is 11.8. The fourth-order valence-corrected chi connectivity index (χ4v) is 2.57. The summed E-state index contributed by atoms with van der Waals surface area (Å²) in [7, 11) is 0. The molecular weight excluding hydrogens is 365 g/mol. The minimum absolute atomic E-state index is 0.0428. The van der Waals surface area contributed by atoms with Crippen LogP contribution in [0.2, 0.25) is 10.0 Å². The largest absolute Gasteiger partial charge is 0.492 e. The molecule has 7 heteroatoms. The number of rotatable bonds is 8. The van der Waals surface area contributed by atoms with Crippen LogP contribution in [0.25, 0.3) is 0 Å². The molecule has 2 aromatic carbocycles. The Balaban J connectivity index is 1.72. The van der Waals surface area contributed by atoms with Gasteiger partial charge in [-0.15, -0.1) is 0 Å². The van der Waals surface area contributed by atoms with Crippen LogP contribution in [0.1, 0.15) is 18.4 Å². The average molecular weight is 382 g/mol. The van der Waals surface area contributed by atoms with Gasteiger partial charge in [0.05, 0.1) is 18.1 Å². The van der Waals surface area contributed by atoms with E-state index < -0.39 is 5.97 Å². The second kappa shape index (κ2) is 9.30. The van der Waals surface area contributed by atoms with Gasteiger partial charge in [0.2, 0.25) is 5.91 Å². The lowest BCUT2D eigenvalue weighted by atomic mass is 10.1. The first-order chi connectivity index (χ1) is 11.9. The number of benzene rings is 2. The Morgan fingerprint density at radius 3 is 2.44 bits per heavy atom. The summed E-state index contributed by atoms with van der Waals surface area (Å²) in [6, 6.07) is 11.7. The molecule has 0 fully saturated rings. The topological polar surface area (TPSA) is 75.6 Å². The zero-order chi connectivity index (χ0) is 18.2. The molecule has 0 radical (unpaired) electrons. The standard InChI is InChI=1S/C18H17Cl2NO4/c19-13-5-8-16(15(20)11-13)25-9-1-2-17(22)21-14-6-3-12(4-7-14)10-18(23)24/h3-8,11H,1-2,9-10H2,(H,21,22)(H,23,24). The number of halogens is 2. The van der Waals surface area contributed by atoms with Crippen molar-refractivity contribution in [3.05, 3.63) is 58.1 Å². The minimum Gasteiger partial charge on any atom is -0.492 e. The van der Waals surface area contributed by atoms with E-state index in [1.165, 1.54) is 0 Å². The predicted molar refractivity (Wildman–Crippen MR) is 97.6 cm³/mol. The molecule has 2 rings (SSSR count). The van der Waals surface area contributed by atoms with Crippen molar-refractivity contribution in [1.29, 1.82) is 0 Å². The summed E-state index contributed by atoms with van der Waals surface area (Å²) in [4.78, 5) is 22.5. The van der Waals surface area contributed by atoms with Crippen molar-refractivity contribution in [3.63, 3.8) is 0 Å². The lowest BCUT2D eigenvalue weighted by Crippen LogP contribution is -2.13. The number of carboxylic acids is 1. The maximum Gasteiger partial charge on any atom is 0.307 e. The number of aliphatic carboxylic acids is 1. The van der Waals surface area contributed by atoms with Crippen molar-refractivity contribution in [1.82, 2.24) is 0 Å². The molecule has 0 aliphatic carbocycles. The van der Waals surface area contributed by atoms with Gasteiger partial charge in [-0.2, -0.15) is 0 Å². The Bertz CT molecular complexity index is 747. The molecule has 2 aromatic rings. The molecule has 0 aliphatic heterocycles. The Morgan fingerprint density at radius 2 is 1.80 bits per heavy atom. The van der Waals surface area contributed by atoms with Crippen molar-refractivity contribution in [2.45, 2.75) is 19.3 Å². The number of carboxylic acid groups (broad SMARTS) is 1. The summed E-state index contributed by atoms with van der Waals surface area (Å²) in [6.07, 6.45) is 0.781. The highest BCUT2D eigenvalue weighted by Crippen LogP contribution is 2.27. The predicted octanol–water partition coefficient (Wildman–Crippen LogP) is 4.42. The summed E-state index contributed by atoms with van der Waals surface area (Å²) in [5.41, 5.74) is 1.31. The van der Waals surface area contributed by atoms with Gasteiger partial charge in [-0.1, -0.05) is 35.3 Å². The number of nitrogens with one attached hydrogen (secondary N) is 1. The van der Waals surface area contributed by atoms with E-state index in [1.54, 1.807) is 42.5 Å². The van der Waals surface area contributed by atoms with Gasteiger partial charge in [-0.05, 0) is 42.3 Å². The molecule has 0 spiro atoms.